The van der Waals surface area contributed by atoms with Crippen LogP contribution in [-0.4, -0.2) is 14.5 Å². The molecule has 0 saturated carbocycles. The third-order valence-corrected chi connectivity index (χ3v) is 5.74. The Kier molecular flexibility index (Phi) is 3.56. The molecule has 4 heteroatoms. The summed E-state index contributed by atoms with van der Waals surface area (Å²) in [6, 6.07) is 24.7. The highest BCUT2D eigenvalue weighted by Crippen LogP contribution is 2.39. The van der Waals surface area contributed by atoms with Crippen molar-refractivity contribution >= 4 is 33.0 Å². The third kappa shape index (κ3) is 2.34. The molecule has 0 spiro atoms. The Morgan fingerprint density at radius 3 is 2.50 bits per heavy atom. The van der Waals surface area contributed by atoms with Crippen molar-refractivity contribution in [3.63, 3.8) is 0 Å². The molecule has 0 aliphatic heterocycles. The van der Waals surface area contributed by atoms with E-state index in [9.17, 15) is 0 Å². The Labute approximate surface area is 173 Å². The lowest BCUT2D eigenvalue weighted by Crippen LogP contribution is -1.99. The first kappa shape index (κ1) is 17.0. The molecule has 144 valence electrons. The van der Waals surface area contributed by atoms with Crippen LogP contribution in [0.4, 0.5) is 0 Å². The number of para-hydroxylation sites is 2. The van der Waals surface area contributed by atoms with Crippen molar-refractivity contribution in [3.05, 3.63) is 90.3 Å². The van der Waals surface area contributed by atoms with E-state index in [-0.39, 0.29) is 0 Å². The molecule has 0 radical (unpaired) electrons. The van der Waals surface area contributed by atoms with Gasteiger partial charge in [-0.2, -0.15) is 0 Å². The van der Waals surface area contributed by atoms with Gasteiger partial charge in [-0.15, -0.1) is 0 Å². The summed E-state index contributed by atoms with van der Waals surface area (Å²) in [6.45, 7) is 4.15. The maximum Gasteiger partial charge on any atom is 0.149 e. The van der Waals surface area contributed by atoms with Gasteiger partial charge in [-0.3, -0.25) is 9.55 Å². The Morgan fingerprint density at radius 1 is 0.833 bits per heavy atom. The first-order chi connectivity index (χ1) is 14.7. The number of benzene rings is 3. The quantitative estimate of drug-likeness (QED) is 0.335. The van der Waals surface area contributed by atoms with E-state index in [2.05, 4.69) is 52.9 Å². The minimum atomic E-state index is 0.858. The van der Waals surface area contributed by atoms with Crippen LogP contribution in [-0.2, 0) is 0 Å². The van der Waals surface area contributed by atoms with E-state index in [1.807, 2.05) is 49.5 Å². The monoisotopic (exact) mass is 389 g/mol. The first-order valence-electron chi connectivity index (χ1n) is 10.0. The molecule has 0 unspecified atom stereocenters. The molecule has 3 aromatic heterocycles. The van der Waals surface area contributed by atoms with Crippen LogP contribution in [0.3, 0.4) is 0 Å². The number of nitrogens with zero attached hydrogens (tertiary/aromatic N) is 3. The highest BCUT2D eigenvalue weighted by Gasteiger charge is 2.21. The van der Waals surface area contributed by atoms with Gasteiger partial charge < -0.3 is 4.42 Å². The zero-order chi connectivity index (χ0) is 20.2. The molecule has 0 N–H and O–H groups in total. The lowest BCUT2D eigenvalue weighted by molar-refractivity contribution is 0.669. The van der Waals surface area contributed by atoms with Crippen LogP contribution >= 0.6 is 0 Å². The summed E-state index contributed by atoms with van der Waals surface area (Å²) < 4.78 is 8.56. The van der Waals surface area contributed by atoms with Gasteiger partial charge in [0.1, 0.15) is 17.0 Å². The van der Waals surface area contributed by atoms with Crippen molar-refractivity contribution in [2.45, 2.75) is 13.8 Å². The summed E-state index contributed by atoms with van der Waals surface area (Å²) in [7, 11) is 0. The zero-order valence-corrected chi connectivity index (χ0v) is 16.8. The molecule has 6 rings (SSSR count). The van der Waals surface area contributed by atoms with Gasteiger partial charge in [0.05, 0.1) is 22.3 Å². The molecule has 0 fully saturated rings. The normalized spacial score (nSPS) is 11.7. The van der Waals surface area contributed by atoms with Gasteiger partial charge in [0.25, 0.3) is 0 Å². The van der Waals surface area contributed by atoms with Crippen LogP contribution in [0.5, 0.6) is 0 Å². The fraction of sp³-hybridized carbons (Fsp3) is 0.0769. The molecule has 30 heavy (non-hydrogen) atoms. The smallest absolute Gasteiger partial charge is 0.149 e. The van der Waals surface area contributed by atoms with Crippen LogP contribution in [0.25, 0.3) is 50.0 Å². The minimum absolute atomic E-state index is 0.858. The van der Waals surface area contributed by atoms with Crippen LogP contribution in [0, 0.1) is 13.8 Å². The SMILES string of the molecule is Cc1ccc(-c2nc3ccnc(C)c3n2-c2ccccc2)c2oc3ccccc3c12. The molecule has 0 amide bonds. The third-order valence-electron chi connectivity index (χ3n) is 5.74. The number of aryl methyl sites for hydroxylation is 2. The molecule has 0 aliphatic carbocycles. The van der Waals surface area contributed by atoms with E-state index in [1.54, 1.807) is 0 Å². The number of hydrogen-bond acceptors (Lipinski definition) is 3. The molecule has 4 nitrogen and oxygen atoms in total. The molecule has 0 atom stereocenters. The second kappa shape index (κ2) is 6.29. The molecule has 0 bridgehead atoms. The predicted octanol–water partition coefficient (Wildman–Crippen LogP) is 6.60. The molecule has 3 aromatic carbocycles. The van der Waals surface area contributed by atoms with Crippen molar-refractivity contribution in [2.24, 2.45) is 0 Å². The van der Waals surface area contributed by atoms with Gasteiger partial charge in [0.2, 0.25) is 0 Å². The number of aromatic nitrogens is 3. The number of fused-ring (bicyclic) bond motifs is 4. The summed E-state index contributed by atoms with van der Waals surface area (Å²) in [5.74, 6) is 0.858. The number of furan rings is 1. The van der Waals surface area contributed by atoms with Crippen molar-refractivity contribution in [1.82, 2.24) is 14.5 Å². The highest BCUT2D eigenvalue weighted by atomic mass is 16.3. The lowest BCUT2D eigenvalue weighted by atomic mass is 10.0. The summed E-state index contributed by atoms with van der Waals surface area (Å²) in [6.07, 6.45) is 1.82. The van der Waals surface area contributed by atoms with Crippen molar-refractivity contribution < 1.29 is 4.42 Å². The molecule has 0 aliphatic rings. The number of pyridine rings is 1. The van der Waals surface area contributed by atoms with Crippen LogP contribution in [0.15, 0.2) is 83.4 Å². The first-order valence-corrected chi connectivity index (χ1v) is 10.0. The summed E-state index contributed by atoms with van der Waals surface area (Å²) in [5.41, 5.74) is 7.87. The molecule has 6 aromatic rings. The standard InChI is InChI=1S/C26H19N3O/c1-16-12-13-20(25-23(16)19-10-6-7-11-22(19)30-25)26-28-21-14-15-27-17(2)24(21)29(26)18-8-4-3-5-9-18/h3-15H,1-2H3. The summed E-state index contributed by atoms with van der Waals surface area (Å²) in [4.78, 5) is 9.56. The van der Waals surface area contributed by atoms with Gasteiger partial charge in [-0.25, -0.2) is 4.98 Å². The van der Waals surface area contributed by atoms with Gasteiger partial charge in [-0.05, 0) is 49.7 Å². The molecular weight excluding hydrogens is 370 g/mol. The van der Waals surface area contributed by atoms with Crippen LogP contribution < -0.4 is 0 Å². The Morgan fingerprint density at radius 2 is 1.63 bits per heavy atom. The maximum atomic E-state index is 6.37. The van der Waals surface area contributed by atoms with E-state index in [4.69, 9.17) is 9.40 Å². The summed E-state index contributed by atoms with van der Waals surface area (Å²) >= 11 is 0. The van der Waals surface area contributed by atoms with E-state index in [0.717, 1.165) is 55.7 Å². The Balaban J connectivity index is 1.78. The number of imidazole rings is 1. The average Bonchev–Trinajstić information content (AvgIpc) is 3.35. The van der Waals surface area contributed by atoms with Gasteiger partial charge in [0, 0.05) is 22.7 Å². The molecular formula is C26H19N3O. The molecule has 0 saturated heterocycles. The van der Waals surface area contributed by atoms with Gasteiger partial charge >= 0.3 is 0 Å². The largest absolute Gasteiger partial charge is 0.455 e. The van der Waals surface area contributed by atoms with Crippen molar-refractivity contribution in [2.75, 3.05) is 0 Å². The van der Waals surface area contributed by atoms with Crippen molar-refractivity contribution in [3.8, 4) is 17.1 Å². The second-order valence-corrected chi connectivity index (χ2v) is 7.60. The van der Waals surface area contributed by atoms with Gasteiger partial charge in [-0.1, -0.05) is 42.5 Å². The van der Waals surface area contributed by atoms with E-state index < -0.39 is 0 Å². The summed E-state index contributed by atoms with van der Waals surface area (Å²) in [5, 5.41) is 2.27. The Hall–Kier alpha value is -3.92. The zero-order valence-electron chi connectivity index (χ0n) is 16.8. The minimum Gasteiger partial charge on any atom is -0.455 e. The van der Waals surface area contributed by atoms with E-state index in [1.165, 1.54) is 5.56 Å². The van der Waals surface area contributed by atoms with Crippen LogP contribution in [0.2, 0.25) is 0 Å². The van der Waals surface area contributed by atoms with E-state index >= 15 is 0 Å². The fourth-order valence-corrected chi connectivity index (χ4v) is 4.36. The Bertz CT molecular complexity index is 1560. The van der Waals surface area contributed by atoms with Gasteiger partial charge in [0.15, 0.2) is 0 Å². The maximum absolute atomic E-state index is 6.37. The lowest BCUT2D eigenvalue weighted by Gasteiger charge is -2.11. The predicted molar refractivity (Wildman–Crippen MR) is 121 cm³/mol. The second-order valence-electron chi connectivity index (χ2n) is 7.60. The van der Waals surface area contributed by atoms with E-state index in [0.29, 0.717) is 0 Å². The van der Waals surface area contributed by atoms with Crippen LogP contribution in [0.1, 0.15) is 11.3 Å². The highest BCUT2D eigenvalue weighted by molar-refractivity contribution is 6.11. The number of hydrogen-bond donors (Lipinski definition) is 0. The topological polar surface area (TPSA) is 43.9 Å². The average molecular weight is 389 g/mol. The molecule has 3 heterocycles. The van der Waals surface area contributed by atoms with Crippen molar-refractivity contribution in [1.29, 1.82) is 0 Å². The number of rotatable bonds is 2. The fourth-order valence-electron chi connectivity index (χ4n) is 4.36.